The lowest BCUT2D eigenvalue weighted by molar-refractivity contribution is -0.150. The molecule has 1 fully saturated rings. The van der Waals surface area contributed by atoms with Gasteiger partial charge in [0.05, 0.1) is 11.3 Å². The number of β-lactam (4-membered cyclic amide) rings is 1. The fourth-order valence-corrected chi connectivity index (χ4v) is 7.62. The predicted molar refractivity (Wildman–Crippen MR) is 124 cm³/mol. The number of nitrogens with two attached hydrogens (primary N) is 1. The summed E-state index contributed by atoms with van der Waals surface area (Å²) in [6.07, 6.45) is 1.55. The number of anilines is 1. The highest BCUT2D eigenvalue weighted by atomic mass is 35.5. The van der Waals surface area contributed by atoms with E-state index in [1.54, 1.807) is 6.20 Å². The zero-order valence-electron chi connectivity index (χ0n) is 16.1. The number of aliphatic carboxylic acids is 1. The van der Waals surface area contributed by atoms with Gasteiger partial charge in [-0.1, -0.05) is 34.7 Å². The van der Waals surface area contributed by atoms with Crippen molar-refractivity contribution in [1.82, 2.24) is 30.6 Å². The van der Waals surface area contributed by atoms with Crippen molar-refractivity contribution in [3.63, 3.8) is 0 Å². The number of carboxylic acids is 1. The number of nitrogens with one attached hydrogen (secondary N) is 2. The van der Waals surface area contributed by atoms with Crippen molar-refractivity contribution in [1.29, 1.82) is 0 Å². The van der Waals surface area contributed by atoms with Crippen molar-refractivity contribution in [3.05, 3.63) is 31.7 Å². The molecule has 33 heavy (non-hydrogen) atoms. The molecule has 1 unspecified atom stereocenters. The number of carbonyl (C=O) groups excluding carboxylic acids is 2. The number of hydrogen-bond acceptors (Lipinski definition) is 13. The molecule has 0 radical (unpaired) electrons. The number of carboxylic acid groups (broad SMARTS) is 1. The SMILES string of the molecule is Nc1nc(C(N=O)C(=O)N[C@@H]2C(=O)N3C(C(=O)O)=C(SCSc4cn[nH]n4)CS[C@@H]23)c(Cl)s1. The van der Waals surface area contributed by atoms with Gasteiger partial charge in [-0.05, 0) is 5.18 Å². The third-order valence-corrected chi connectivity index (χ3v) is 9.20. The van der Waals surface area contributed by atoms with Crippen molar-refractivity contribution >= 4 is 81.1 Å². The van der Waals surface area contributed by atoms with E-state index in [1.165, 1.54) is 35.3 Å². The predicted octanol–water partition coefficient (Wildman–Crippen LogP) is 1.48. The van der Waals surface area contributed by atoms with Crippen LogP contribution in [-0.2, 0) is 14.4 Å². The first kappa shape index (κ1) is 23.8. The second-order valence-corrected chi connectivity index (χ2v) is 11.6. The van der Waals surface area contributed by atoms with E-state index in [0.717, 1.165) is 16.2 Å². The van der Waals surface area contributed by atoms with E-state index in [1.807, 2.05) is 0 Å². The van der Waals surface area contributed by atoms with Gasteiger partial charge < -0.3 is 16.2 Å². The molecule has 0 spiro atoms. The Balaban J connectivity index is 1.45. The minimum atomic E-state index is -1.59. The molecule has 2 aromatic heterocycles. The van der Waals surface area contributed by atoms with E-state index in [-0.39, 0.29) is 20.9 Å². The first-order valence-electron chi connectivity index (χ1n) is 8.88. The second kappa shape index (κ2) is 9.88. The van der Waals surface area contributed by atoms with Gasteiger partial charge in [0.15, 0.2) is 5.13 Å². The molecule has 2 aliphatic rings. The summed E-state index contributed by atoms with van der Waals surface area (Å²) in [6.45, 7) is 0. The number of carbonyl (C=O) groups is 3. The van der Waals surface area contributed by atoms with E-state index in [4.69, 9.17) is 17.3 Å². The molecule has 0 aromatic carbocycles. The van der Waals surface area contributed by atoms with Crippen molar-refractivity contribution in [2.75, 3.05) is 16.6 Å². The molecule has 2 aliphatic heterocycles. The van der Waals surface area contributed by atoms with E-state index in [0.29, 0.717) is 20.8 Å². The Morgan fingerprint density at radius 1 is 1.48 bits per heavy atom. The molecule has 0 saturated carbocycles. The Morgan fingerprint density at radius 2 is 2.27 bits per heavy atom. The lowest BCUT2D eigenvalue weighted by Gasteiger charge is -2.49. The van der Waals surface area contributed by atoms with Crippen LogP contribution in [0.2, 0.25) is 4.34 Å². The number of thioether (sulfide) groups is 3. The number of aromatic nitrogens is 4. The third kappa shape index (κ3) is 4.68. The molecule has 3 atom stereocenters. The van der Waals surface area contributed by atoms with E-state index < -0.39 is 35.2 Å². The van der Waals surface area contributed by atoms with Crippen LogP contribution in [0.25, 0.3) is 0 Å². The molecule has 1 saturated heterocycles. The fraction of sp³-hybridized carbons (Fsp3) is 0.333. The number of fused-ring (bicyclic) bond motifs is 1. The summed E-state index contributed by atoms with van der Waals surface area (Å²) in [5.74, 6) is -2.39. The zero-order chi connectivity index (χ0) is 23.7. The van der Waals surface area contributed by atoms with Crippen molar-refractivity contribution in [2.24, 2.45) is 5.18 Å². The molecule has 0 aliphatic carbocycles. The van der Waals surface area contributed by atoms with Crippen molar-refractivity contribution < 1.29 is 19.5 Å². The van der Waals surface area contributed by atoms with Crippen LogP contribution in [0.4, 0.5) is 5.13 Å². The van der Waals surface area contributed by atoms with Crippen molar-refractivity contribution in [2.45, 2.75) is 22.5 Å². The van der Waals surface area contributed by atoms with Gasteiger partial charge in [0.25, 0.3) is 11.8 Å². The van der Waals surface area contributed by atoms with Gasteiger partial charge in [0.1, 0.15) is 32.2 Å². The molecule has 0 bridgehead atoms. The maximum absolute atomic E-state index is 12.8. The fourth-order valence-electron chi connectivity index (χ4n) is 3.08. The molecular formula is C15H13ClN8O5S4. The first-order valence-corrected chi connectivity index (χ1v) is 13.1. The highest BCUT2D eigenvalue weighted by Crippen LogP contribution is 2.44. The number of amides is 2. The standard InChI is InChI=1S/C15H13ClN8O5S4/c16-10-6(20-15(17)33-10)7(22-29)11(25)19-8-12(26)24-9(14(27)28)4(2-30-13(8)24)31-3-32-5-1-18-23-21-5/h1,7-8,13H,2-3H2,(H2,17,20)(H,19,25)(H,27,28)(H,18,21,23)/t7?,8-,13+/m1/s1. The molecule has 4 rings (SSSR count). The summed E-state index contributed by atoms with van der Waals surface area (Å²) in [5, 5.41) is 25.6. The molecular weight excluding hydrogens is 536 g/mol. The maximum Gasteiger partial charge on any atom is 0.353 e. The normalized spacial score (nSPS) is 20.8. The molecule has 174 valence electrons. The number of thiazole rings is 1. The second-order valence-electron chi connectivity index (χ2n) is 6.41. The quantitative estimate of drug-likeness (QED) is 0.153. The van der Waals surface area contributed by atoms with Crippen molar-refractivity contribution in [3.8, 4) is 0 Å². The van der Waals surface area contributed by atoms with E-state index >= 15 is 0 Å². The largest absolute Gasteiger partial charge is 0.477 e. The zero-order valence-corrected chi connectivity index (χ0v) is 20.2. The Hall–Kier alpha value is -2.34. The Morgan fingerprint density at radius 3 is 2.88 bits per heavy atom. The molecule has 18 heteroatoms. The molecule has 5 N–H and O–H groups in total. The van der Waals surface area contributed by atoms with Crippen LogP contribution in [0.15, 0.2) is 27.0 Å². The minimum absolute atomic E-state index is 0.0436. The summed E-state index contributed by atoms with van der Waals surface area (Å²) in [6, 6.07) is -2.61. The number of H-pyrrole nitrogens is 1. The number of hydrogen-bond donors (Lipinski definition) is 4. The smallest absolute Gasteiger partial charge is 0.353 e. The summed E-state index contributed by atoms with van der Waals surface area (Å²) in [4.78, 5) is 54.1. The molecule has 13 nitrogen and oxygen atoms in total. The average Bonchev–Trinajstić information content (AvgIpc) is 3.41. The van der Waals surface area contributed by atoms with E-state index in [9.17, 15) is 24.4 Å². The number of aromatic amines is 1. The monoisotopic (exact) mass is 548 g/mol. The van der Waals surface area contributed by atoms with Gasteiger partial charge in [0, 0.05) is 10.7 Å². The topological polar surface area (TPSA) is 197 Å². The Bertz CT molecular complexity index is 1140. The molecule has 2 amide bonds. The van der Waals surface area contributed by atoms with Gasteiger partial charge in [-0.3, -0.25) is 14.5 Å². The third-order valence-electron chi connectivity index (χ3n) is 4.51. The number of halogens is 1. The summed E-state index contributed by atoms with van der Waals surface area (Å²) < 4.78 is 0.0436. The Kier molecular flexibility index (Phi) is 7.13. The van der Waals surface area contributed by atoms with Crippen LogP contribution in [0.5, 0.6) is 0 Å². The van der Waals surface area contributed by atoms with Gasteiger partial charge >= 0.3 is 5.97 Å². The highest BCUT2D eigenvalue weighted by Gasteiger charge is 2.54. The van der Waals surface area contributed by atoms with Crippen LogP contribution in [0.3, 0.4) is 0 Å². The number of rotatable bonds is 9. The van der Waals surface area contributed by atoms with Crippen LogP contribution < -0.4 is 11.1 Å². The van der Waals surface area contributed by atoms with Gasteiger partial charge in [-0.15, -0.1) is 33.5 Å². The first-order chi connectivity index (χ1) is 15.8. The average molecular weight is 549 g/mol. The van der Waals surface area contributed by atoms with Crippen LogP contribution in [0.1, 0.15) is 11.7 Å². The van der Waals surface area contributed by atoms with Crippen LogP contribution in [-0.4, -0.2) is 70.4 Å². The summed E-state index contributed by atoms with van der Waals surface area (Å²) in [7, 11) is 0. The van der Waals surface area contributed by atoms with E-state index in [2.05, 4.69) is 30.9 Å². The molecule has 2 aromatic rings. The minimum Gasteiger partial charge on any atom is -0.477 e. The summed E-state index contributed by atoms with van der Waals surface area (Å²) >= 11 is 10.8. The van der Waals surface area contributed by atoms with Gasteiger partial charge in [0.2, 0.25) is 6.04 Å². The van der Waals surface area contributed by atoms with Crippen LogP contribution in [0, 0.1) is 4.91 Å². The Labute approximate surface area is 206 Å². The number of nitrogen functional groups attached to an aromatic ring is 1. The lowest BCUT2D eigenvalue weighted by atomic mass is 10.0. The van der Waals surface area contributed by atoms with Gasteiger partial charge in [-0.2, -0.15) is 10.3 Å². The maximum atomic E-state index is 12.8. The number of nitroso groups, excluding NO2 is 1. The lowest BCUT2D eigenvalue weighted by Crippen LogP contribution is -2.70. The number of nitrogens with zero attached hydrogens (tertiary/aromatic N) is 5. The van der Waals surface area contributed by atoms with Crippen LogP contribution >= 0.6 is 58.2 Å². The van der Waals surface area contributed by atoms with Gasteiger partial charge in [-0.25, -0.2) is 9.78 Å². The summed E-state index contributed by atoms with van der Waals surface area (Å²) in [5.41, 5.74) is 5.33. The molecule has 4 heterocycles. The highest BCUT2D eigenvalue weighted by molar-refractivity contribution is 8.18.